The number of pyridine rings is 2. The number of nitrogens with one attached hydrogen (secondary N) is 6. The molecule has 4 aliphatic rings. The van der Waals surface area contributed by atoms with E-state index in [1.54, 1.807) is 50.2 Å². The number of cyclic esters (lactones) is 1. The minimum atomic E-state index is -2.05. The van der Waals surface area contributed by atoms with Gasteiger partial charge in [0.25, 0.3) is 17.4 Å². The van der Waals surface area contributed by atoms with E-state index >= 15 is 4.39 Å². The highest BCUT2D eigenvalue weighted by molar-refractivity contribution is 6.12. The Morgan fingerprint density at radius 1 is 0.791 bits per heavy atom. The van der Waals surface area contributed by atoms with Crippen LogP contribution in [-0.4, -0.2) is 187 Å². The van der Waals surface area contributed by atoms with Gasteiger partial charge in [-0.3, -0.25) is 52.8 Å². The van der Waals surface area contributed by atoms with Crippen LogP contribution in [0.2, 0.25) is 0 Å². The normalized spacial score (nSPS) is 16.3. The lowest BCUT2D eigenvalue weighted by atomic mass is 9.81. The number of ether oxygens (including phenoxy) is 4. The molecule has 2 aromatic carbocycles. The Bertz CT molecular complexity index is 3490. The monoisotopic (exact) mass is 1260 g/mol. The van der Waals surface area contributed by atoms with Gasteiger partial charge in [-0.15, -0.1) is 0 Å². The van der Waals surface area contributed by atoms with Crippen molar-refractivity contribution in [2.24, 2.45) is 0 Å². The van der Waals surface area contributed by atoms with Crippen LogP contribution in [0.25, 0.3) is 22.3 Å². The molecule has 28 heteroatoms. The molecule has 5 heterocycles. The third kappa shape index (κ3) is 17.4. The van der Waals surface area contributed by atoms with Crippen LogP contribution in [0.4, 0.5) is 4.39 Å². The number of hydrogen-bond acceptors (Lipinski definition) is 18. The highest BCUT2D eigenvalue weighted by Crippen LogP contribution is 2.46. The Kier molecular flexibility index (Phi) is 24.1. The largest absolute Gasteiger partial charge is 0.458 e. The Hall–Kier alpha value is -8.83. The molecule has 0 fully saturated rings. The van der Waals surface area contributed by atoms with Gasteiger partial charge >= 0.3 is 5.97 Å². The smallest absolute Gasteiger partial charge is 0.343 e. The molecule has 91 heavy (non-hydrogen) atoms. The molecule has 8 N–H and O–H groups in total. The van der Waals surface area contributed by atoms with Crippen LogP contribution < -0.4 is 37.5 Å². The van der Waals surface area contributed by atoms with Crippen LogP contribution in [0.3, 0.4) is 0 Å². The fourth-order valence-corrected chi connectivity index (χ4v) is 11.4. The molecule has 3 aliphatic heterocycles. The van der Waals surface area contributed by atoms with E-state index in [1.807, 2.05) is 0 Å². The van der Waals surface area contributed by atoms with E-state index in [-0.39, 0.29) is 127 Å². The van der Waals surface area contributed by atoms with Crippen LogP contribution in [0.5, 0.6) is 0 Å². The van der Waals surface area contributed by atoms with E-state index < -0.39 is 103 Å². The van der Waals surface area contributed by atoms with Crippen molar-refractivity contribution in [3.05, 3.63) is 110 Å². The number of carbonyl (C=O) groups excluding carboxylic acids is 10. The lowest BCUT2D eigenvalue weighted by Crippen LogP contribution is -2.52. The summed E-state index contributed by atoms with van der Waals surface area (Å²) in [5, 5.41) is 36.7. The molecule has 0 spiro atoms. The predicted octanol–water partition coefficient (Wildman–Crippen LogP) is -0.0408. The summed E-state index contributed by atoms with van der Waals surface area (Å²) in [7, 11) is 0. The number of benzene rings is 2. The van der Waals surface area contributed by atoms with Gasteiger partial charge in [-0.2, -0.15) is 0 Å². The summed E-state index contributed by atoms with van der Waals surface area (Å²) in [6.07, 6.45) is 4.81. The first kappa shape index (κ1) is 68.1. The van der Waals surface area contributed by atoms with Crippen LogP contribution >= 0.6 is 0 Å². The Morgan fingerprint density at radius 2 is 1.47 bits per heavy atom. The van der Waals surface area contributed by atoms with Crippen LogP contribution in [0, 0.1) is 12.7 Å². The minimum Gasteiger partial charge on any atom is -0.458 e. The van der Waals surface area contributed by atoms with Crippen LogP contribution in [0.1, 0.15) is 103 Å². The zero-order valence-corrected chi connectivity index (χ0v) is 50.9. The number of nitrogens with zero attached hydrogens (tertiary/aromatic N) is 4. The highest BCUT2D eigenvalue weighted by atomic mass is 19.1. The van der Waals surface area contributed by atoms with Crippen molar-refractivity contribution in [1.29, 1.82) is 0 Å². The molecule has 1 aliphatic carbocycles. The number of halogens is 1. The standard InChI is InChI=1S/C63H77FN10O17/c1-3-63(87)43-30-48-59-41(35-74(48)61(85)42(43)37-91-62(63)86)58-45(16-15-40-38(2)44(64)31-46(71-59)57(40)58)69-49(76)13-10-19-65-50(77)33-68-60(84)47(29-39-11-6-4-7-12-39)70-52(79)34-66-51(78)32-67-53(80)36-72(21-23-88-25-27-90-28-26-89-24-22-75)54(81)14-8-5-9-20-73-55(82)17-18-56(73)83/h4,6-7,11-12,17-18,30-31,45,47,75,87H,3,5,8-10,13-16,19-29,32-37H2,1-2H3,(H,65,77)(H,66,78)(H,67,80)(H,68,84)(H,69,76)(H,70,79)/t45?,47-,63-/m0/s1. The van der Waals surface area contributed by atoms with Gasteiger partial charge < -0.3 is 70.5 Å². The number of imide groups is 1. The van der Waals surface area contributed by atoms with Crippen LogP contribution in [-0.2, 0) is 98.5 Å². The van der Waals surface area contributed by atoms with Crippen molar-refractivity contribution in [2.45, 2.75) is 109 Å². The van der Waals surface area contributed by atoms with E-state index in [4.69, 9.17) is 29.0 Å². The summed E-state index contributed by atoms with van der Waals surface area (Å²) in [5.74, 6) is -6.33. The number of aliphatic hydroxyl groups is 2. The van der Waals surface area contributed by atoms with Crippen molar-refractivity contribution in [3.8, 4) is 11.4 Å². The SMILES string of the molecule is CC[C@@]1(O)C(=O)OCc2c1cc1n(c2=O)Cc2c-1nc1cc(F)c(C)c3c1c2C(NC(=O)CCCNC(=O)CNC(=O)[C@H](Cc1ccccc1)NC(=O)CNC(=O)CNC(=O)CN(CCOCCOCCOCCO)C(=O)CCCCCN1C(=O)C=CC1=O)CC3. The number of aryl methyl sites for hydroxylation is 1. The van der Waals surface area contributed by atoms with E-state index in [1.165, 1.54) is 27.7 Å². The average molecular weight is 1270 g/mol. The molecule has 9 amide bonds. The Morgan fingerprint density at radius 3 is 2.20 bits per heavy atom. The maximum atomic E-state index is 15.4. The molecule has 3 atom stereocenters. The predicted molar refractivity (Wildman–Crippen MR) is 322 cm³/mol. The molecule has 0 saturated carbocycles. The number of fused-ring (bicyclic) bond motifs is 5. The van der Waals surface area contributed by atoms with Crippen molar-refractivity contribution in [2.75, 3.05) is 92.1 Å². The van der Waals surface area contributed by atoms with Crippen molar-refractivity contribution >= 4 is 70.0 Å². The molecule has 0 saturated heterocycles. The minimum absolute atomic E-state index is 0.0121. The maximum Gasteiger partial charge on any atom is 0.343 e. The number of esters is 1. The van der Waals surface area contributed by atoms with E-state index in [0.717, 1.165) is 10.5 Å². The molecule has 27 nitrogen and oxygen atoms in total. The molecule has 1 unspecified atom stereocenters. The van der Waals surface area contributed by atoms with Gasteiger partial charge in [0.1, 0.15) is 18.5 Å². The quantitative estimate of drug-likeness (QED) is 0.0150. The van der Waals surface area contributed by atoms with Gasteiger partial charge in [-0.05, 0) is 73.8 Å². The second-order valence-corrected chi connectivity index (χ2v) is 22.4. The van der Waals surface area contributed by atoms with E-state index in [2.05, 4.69) is 31.9 Å². The van der Waals surface area contributed by atoms with Gasteiger partial charge in [0, 0.05) is 73.6 Å². The third-order valence-corrected chi connectivity index (χ3v) is 16.2. The number of aliphatic hydroxyl groups excluding tert-OH is 1. The Balaban J connectivity index is 0.782. The summed E-state index contributed by atoms with van der Waals surface area (Å²) in [4.78, 5) is 151. The summed E-state index contributed by atoms with van der Waals surface area (Å²) >= 11 is 0. The van der Waals surface area contributed by atoms with Gasteiger partial charge in [0.15, 0.2) is 5.60 Å². The first-order chi connectivity index (χ1) is 43.8. The average Bonchev–Trinajstić information content (AvgIpc) is 1.62. The maximum absolute atomic E-state index is 15.4. The Labute approximate surface area is 523 Å². The molecular formula is C63H77FN10O17. The first-order valence-electron chi connectivity index (χ1n) is 30.5. The van der Waals surface area contributed by atoms with Crippen molar-refractivity contribution < 1.29 is 81.5 Å². The first-order valence-corrected chi connectivity index (χ1v) is 30.5. The zero-order valence-electron chi connectivity index (χ0n) is 50.9. The molecule has 0 bridgehead atoms. The number of aromatic nitrogens is 2. The molecule has 8 rings (SSSR count). The molecule has 4 aromatic rings. The summed E-state index contributed by atoms with van der Waals surface area (Å²) in [6.45, 7) is 2.37. The molecule has 2 aromatic heterocycles. The number of carbonyl (C=O) groups is 10. The van der Waals surface area contributed by atoms with E-state index in [0.29, 0.717) is 83.3 Å². The van der Waals surface area contributed by atoms with Gasteiger partial charge in [0.05, 0.1) is 107 Å². The fourth-order valence-electron chi connectivity index (χ4n) is 11.4. The van der Waals surface area contributed by atoms with Gasteiger partial charge in [-0.25, -0.2) is 14.2 Å². The lowest BCUT2D eigenvalue weighted by Gasteiger charge is -2.31. The number of amides is 9. The molecule has 0 radical (unpaired) electrons. The third-order valence-electron chi connectivity index (χ3n) is 16.2. The zero-order chi connectivity index (χ0) is 65.2. The summed E-state index contributed by atoms with van der Waals surface area (Å²) in [5.41, 5.74) is 1.98. The number of unbranched alkanes of at least 4 members (excludes halogenated alkanes) is 2. The second kappa shape index (κ2) is 32.3. The molecule has 488 valence electrons. The fraction of sp³-hybridized carbons (Fsp3) is 0.492. The number of hydrogen-bond donors (Lipinski definition) is 8. The van der Waals surface area contributed by atoms with Crippen molar-refractivity contribution in [1.82, 2.24) is 51.3 Å². The molecular weight excluding hydrogens is 1190 g/mol. The van der Waals surface area contributed by atoms with Gasteiger partial charge in [-0.1, -0.05) is 43.7 Å². The topological polar surface area (TPSA) is 362 Å². The lowest BCUT2D eigenvalue weighted by molar-refractivity contribution is -0.172. The highest BCUT2D eigenvalue weighted by Gasteiger charge is 2.46. The van der Waals surface area contributed by atoms with Crippen LogP contribution in [0.15, 0.2) is 59.4 Å². The number of rotatable bonds is 35. The van der Waals surface area contributed by atoms with E-state index in [9.17, 15) is 57.8 Å². The second-order valence-electron chi connectivity index (χ2n) is 22.4. The van der Waals surface area contributed by atoms with Crippen molar-refractivity contribution in [3.63, 3.8) is 0 Å². The summed E-state index contributed by atoms with van der Waals surface area (Å²) in [6, 6.07) is 9.86. The van der Waals surface area contributed by atoms with Gasteiger partial charge in [0.2, 0.25) is 41.4 Å². The summed E-state index contributed by atoms with van der Waals surface area (Å²) < 4.78 is 38.3.